The number of nitrogens with zero attached hydrogens (tertiary/aromatic N) is 2. The molecule has 2 aromatic rings. The van der Waals surface area contributed by atoms with Crippen LogP contribution in [0.5, 0.6) is 0 Å². The van der Waals surface area contributed by atoms with Crippen LogP contribution in [-0.2, 0) is 0 Å². The average molecular weight is 295 g/mol. The maximum absolute atomic E-state index is 10.5. The minimum absolute atomic E-state index is 0.0229. The molecule has 0 aliphatic rings. The number of rotatable bonds is 3. The Labute approximate surface area is 119 Å². The van der Waals surface area contributed by atoms with E-state index >= 15 is 0 Å². The first-order chi connectivity index (χ1) is 9.08. The maximum Gasteiger partial charge on any atom is 0.269 e. The number of aliphatic imine (C=N–C) groups is 1. The van der Waals surface area contributed by atoms with E-state index in [1.165, 1.54) is 18.3 Å². The van der Waals surface area contributed by atoms with Crippen molar-refractivity contribution in [2.75, 3.05) is 0 Å². The van der Waals surface area contributed by atoms with Crippen molar-refractivity contribution in [3.63, 3.8) is 0 Å². The number of nitro groups is 1. The summed E-state index contributed by atoms with van der Waals surface area (Å²) in [6.07, 6.45) is 1.53. The van der Waals surface area contributed by atoms with Gasteiger partial charge in [-0.05, 0) is 24.3 Å². The first-order valence-corrected chi connectivity index (χ1v) is 6.06. The number of hydrogen-bond donors (Lipinski definition) is 0. The van der Waals surface area contributed by atoms with Gasteiger partial charge >= 0.3 is 0 Å². The lowest BCUT2D eigenvalue weighted by atomic mass is 10.2. The molecule has 4 nitrogen and oxygen atoms in total. The Morgan fingerprint density at radius 2 is 1.63 bits per heavy atom. The standard InChI is InChI=1S/C13H8Cl2N2O2/c14-12-2-1-3-13(15)11(12)8-16-9-4-6-10(7-5-9)17(18)19/h1-8H. The highest BCUT2D eigenvalue weighted by atomic mass is 35.5. The van der Waals surface area contributed by atoms with Crippen LogP contribution in [-0.4, -0.2) is 11.1 Å². The van der Waals surface area contributed by atoms with Crippen LogP contribution in [0.25, 0.3) is 0 Å². The van der Waals surface area contributed by atoms with Gasteiger partial charge in [0, 0.05) is 23.9 Å². The Kier molecular flexibility index (Phi) is 4.14. The molecule has 0 radical (unpaired) electrons. The second-order valence-electron chi connectivity index (χ2n) is 3.67. The van der Waals surface area contributed by atoms with Crippen LogP contribution in [0, 0.1) is 10.1 Å². The molecule has 0 amide bonds. The van der Waals surface area contributed by atoms with E-state index in [-0.39, 0.29) is 5.69 Å². The molecular formula is C13H8Cl2N2O2. The number of nitro benzene ring substituents is 1. The molecule has 0 saturated heterocycles. The Morgan fingerprint density at radius 1 is 1.05 bits per heavy atom. The number of benzene rings is 2. The second kappa shape index (κ2) is 5.82. The molecule has 6 heteroatoms. The summed E-state index contributed by atoms with van der Waals surface area (Å²) in [7, 11) is 0. The molecule has 2 aromatic carbocycles. The van der Waals surface area contributed by atoms with E-state index in [0.717, 1.165) is 0 Å². The molecule has 0 fully saturated rings. The van der Waals surface area contributed by atoms with Crippen LogP contribution in [0.1, 0.15) is 5.56 Å². The van der Waals surface area contributed by atoms with E-state index in [1.54, 1.807) is 30.3 Å². The summed E-state index contributed by atoms with van der Waals surface area (Å²) < 4.78 is 0. The molecule has 0 bridgehead atoms. The third-order valence-electron chi connectivity index (χ3n) is 2.40. The van der Waals surface area contributed by atoms with E-state index in [0.29, 0.717) is 21.3 Å². The highest BCUT2D eigenvalue weighted by Crippen LogP contribution is 2.24. The van der Waals surface area contributed by atoms with Crippen molar-refractivity contribution in [3.05, 3.63) is 68.2 Å². The van der Waals surface area contributed by atoms with E-state index in [4.69, 9.17) is 23.2 Å². The molecule has 0 unspecified atom stereocenters. The average Bonchev–Trinajstić information content (AvgIpc) is 2.38. The molecule has 0 aliphatic heterocycles. The van der Waals surface area contributed by atoms with Gasteiger partial charge in [0.2, 0.25) is 0 Å². The van der Waals surface area contributed by atoms with E-state index in [9.17, 15) is 10.1 Å². The molecule has 0 N–H and O–H groups in total. The van der Waals surface area contributed by atoms with Gasteiger partial charge in [-0.15, -0.1) is 0 Å². The van der Waals surface area contributed by atoms with Crippen LogP contribution < -0.4 is 0 Å². The van der Waals surface area contributed by atoms with Crippen molar-refractivity contribution in [2.45, 2.75) is 0 Å². The van der Waals surface area contributed by atoms with E-state index < -0.39 is 4.92 Å². The molecule has 0 saturated carbocycles. The largest absolute Gasteiger partial charge is 0.269 e. The molecule has 0 atom stereocenters. The minimum Gasteiger partial charge on any atom is -0.258 e. The van der Waals surface area contributed by atoms with Crippen LogP contribution in [0.15, 0.2) is 47.5 Å². The SMILES string of the molecule is O=[N+]([O-])c1ccc(N=Cc2c(Cl)cccc2Cl)cc1. The van der Waals surface area contributed by atoms with Crippen molar-refractivity contribution < 1.29 is 4.92 Å². The maximum atomic E-state index is 10.5. The van der Waals surface area contributed by atoms with Crippen molar-refractivity contribution in [1.29, 1.82) is 0 Å². The summed E-state index contributed by atoms with van der Waals surface area (Å²) in [6, 6.07) is 11.1. The smallest absolute Gasteiger partial charge is 0.258 e. The predicted molar refractivity (Wildman–Crippen MR) is 76.8 cm³/mol. The molecule has 0 aliphatic carbocycles. The van der Waals surface area contributed by atoms with Crippen LogP contribution in [0.4, 0.5) is 11.4 Å². The molecule has 0 aromatic heterocycles. The summed E-state index contributed by atoms with van der Waals surface area (Å²) in [5.74, 6) is 0. The summed E-state index contributed by atoms with van der Waals surface area (Å²) in [5, 5.41) is 11.5. The Bertz CT molecular complexity index is 619. The lowest BCUT2D eigenvalue weighted by Crippen LogP contribution is -1.86. The fourth-order valence-electron chi connectivity index (χ4n) is 1.43. The molecule has 2 rings (SSSR count). The molecule has 0 spiro atoms. The number of non-ortho nitro benzene ring substituents is 1. The van der Waals surface area contributed by atoms with Gasteiger partial charge in [-0.3, -0.25) is 15.1 Å². The number of hydrogen-bond acceptors (Lipinski definition) is 3. The highest BCUT2D eigenvalue weighted by molar-refractivity contribution is 6.38. The van der Waals surface area contributed by atoms with Gasteiger partial charge in [0.1, 0.15) is 0 Å². The van der Waals surface area contributed by atoms with Gasteiger partial charge in [-0.2, -0.15) is 0 Å². The van der Waals surface area contributed by atoms with Crippen molar-refractivity contribution in [2.24, 2.45) is 4.99 Å². The first kappa shape index (κ1) is 13.5. The monoisotopic (exact) mass is 294 g/mol. The fraction of sp³-hybridized carbons (Fsp3) is 0. The summed E-state index contributed by atoms with van der Waals surface area (Å²) in [6.45, 7) is 0. The molecule has 19 heavy (non-hydrogen) atoms. The molecule has 96 valence electrons. The van der Waals surface area contributed by atoms with Crippen LogP contribution in [0.3, 0.4) is 0 Å². The summed E-state index contributed by atoms with van der Waals surface area (Å²) in [5.41, 5.74) is 1.22. The van der Waals surface area contributed by atoms with Crippen LogP contribution >= 0.6 is 23.2 Å². The Morgan fingerprint density at radius 3 is 2.16 bits per heavy atom. The first-order valence-electron chi connectivity index (χ1n) is 5.30. The van der Waals surface area contributed by atoms with Crippen molar-refractivity contribution in [1.82, 2.24) is 0 Å². The lowest BCUT2D eigenvalue weighted by Gasteiger charge is -2.00. The zero-order valence-electron chi connectivity index (χ0n) is 9.59. The van der Waals surface area contributed by atoms with Gasteiger partial charge in [-0.1, -0.05) is 29.3 Å². The molecular weight excluding hydrogens is 287 g/mol. The van der Waals surface area contributed by atoms with Crippen molar-refractivity contribution >= 4 is 40.8 Å². The van der Waals surface area contributed by atoms with Crippen molar-refractivity contribution in [3.8, 4) is 0 Å². The second-order valence-corrected chi connectivity index (χ2v) is 4.48. The normalized spacial score (nSPS) is 10.8. The van der Waals surface area contributed by atoms with Gasteiger partial charge < -0.3 is 0 Å². The Hall–Kier alpha value is -1.91. The zero-order chi connectivity index (χ0) is 13.8. The third-order valence-corrected chi connectivity index (χ3v) is 3.06. The van der Waals surface area contributed by atoms with E-state index in [1.807, 2.05) is 0 Å². The topological polar surface area (TPSA) is 55.5 Å². The van der Waals surface area contributed by atoms with E-state index in [2.05, 4.69) is 4.99 Å². The fourth-order valence-corrected chi connectivity index (χ4v) is 1.93. The minimum atomic E-state index is -0.460. The highest BCUT2D eigenvalue weighted by Gasteiger charge is 2.04. The third kappa shape index (κ3) is 3.30. The van der Waals surface area contributed by atoms with Gasteiger partial charge in [0.15, 0.2) is 0 Å². The summed E-state index contributed by atoms with van der Waals surface area (Å²) in [4.78, 5) is 14.2. The quantitative estimate of drug-likeness (QED) is 0.470. The molecule has 0 heterocycles. The predicted octanol–water partition coefficient (Wildman–Crippen LogP) is 4.65. The van der Waals surface area contributed by atoms with Gasteiger partial charge in [0.05, 0.1) is 20.7 Å². The summed E-state index contributed by atoms with van der Waals surface area (Å²) >= 11 is 12.0. The van der Waals surface area contributed by atoms with Gasteiger partial charge in [-0.25, -0.2) is 0 Å². The van der Waals surface area contributed by atoms with Crippen LogP contribution in [0.2, 0.25) is 10.0 Å². The number of halogens is 2. The Balaban J connectivity index is 2.25. The van der Waals surface area contributed by atoms with Gasteiger partial charge in [0.25, 0.3) is 5.69 Å². The lowest BCUT2D eigenvalue weighted by molar-refractivity contribution is -0.384. The zero-order valence-corrected chi connectivity index (χ0v) is 11.1.